The lowest BCUT2D eigenvalue weighted by Gasteiger charge is -2.21. The maximum atomic E-state index is 3.73. The number of fused-ring (bicyclic) bond motifs is 6. The third-order valence-electron chi connectivity index (χ3n) is 8.81. The average molecular weight is 512 g/mol. The molecule has 1 aliphatic rings. The summed E-state index contributed by atoms with van der Waals surface area (Å²) in [6.45, 7) is 4.70. The quantitative estimate of drug-likeness (QED) is 0.243. The second-order valence-corrected chi connectivity index (χ2v) is 11.5. The maximum Gasteiger partial charge on any atom is 0.0544 e. The van der Waals surface area contributed by atoms with E-state index in [0.717, 1.165) is 0 Å². The first-order valence-electron chi connectivity index (χ1n) is 14.0. The molecule has 1 heterocycles. The van der Waals surface area contributed by atoms with Crippen LogP contribution >= 0.6 is 0 Å². The van der Waals surface area contributed by atoms with Crippen LogP contribution in [-0.2, 0) is 5.41 Å². The van der Waals surface area contributed by atoms with Crippen molar-refractivity contribution in [1.29, 1.82) is 0 Å². The Morgan fingerprint density at radius 3 is 1.93 bits per heavy atom. The summed E-state index contributed by atoms with van der Waals surface area (Å²) in [7, 11) is 0. The molecule has 6 aromatic carbocycles. The third kappa shape index (κ3) is 3.34. The van der Waals surface area contributed by atoms with Crippen molar-refractivity contribution >= 4 is 21.8 Å². The fraction of sp³-hybridized carbons (Fsp3) is 0.0769. The van der Waals surface area contributed by atoms with E-state index in [4.69, 9.17) is 0 Å². The van der Waals surface area contributed by atoms with E-state index in [0.29, 0.717) is 0 Å². The van der Waals surface area contributed by atoms with E-state index in [1.54, 1.807) is 0 Å². The molecule has 1 aromatic heterocycles. The maximum absolute atomic E-state index is 3.73. The number of para-hydroxylation sites is 2. The molecule has 190 valence electrons. The molecule has 8 rings (SSSR count). The van der Waals surface area contributed by atoms with Gasteiger partial charge in [-0.1, -0.05) is 123 Å². The minimum absolute atomic E-state index is 0.0300. The molecule has 0 bridgehead atoms. The number of rotatable bonds is 3. The van der Waals surface area contributed by atoms with Gasteiger partial charge in [-0.15, -0.1) is 0 Å². The predicted molar refractivity (Wildman–Crippen MR) is 170 cm³/mol. The Hall–Kier alpha value is -4.88. The van der Waals surface area contributed by atoms with Gasteiger partial charge < -0.3 is 4.98 Å². The van der Waals surface area contributed by atoms with Crippen LogP contribution in [0.2, 0.25) is 0 Å². The number of aromatic amines is 1. The number of hydrogen-bond acceptors (Lipinski definition) is 0. The Bertz CT molecular complexity index is 2070. The monoisotopic (exact) mass is 511 g/mol. The molecular weight excluding hydrogens is 482 g/mol. The van der Waals surface area contributed by atoms with Crippen LogP contribution in [0.25, 0.3) is 66.3 Å². The van der Waals surface area contributed by atoms with Crippen molar-refractivity contribution in [2.24, 2.45) is 0 Å². The molecule has 0 aliphatic heterocycles. The molecule has 1 N–H and O–H groups in total. The zero-order valence-corrected chi connectivity index (χ0v) is 22.7. The zero-order valence-electron chi connectivity index (χ0n) is 22.7. The van der Waals surface area contributed by atoms with Crippen molar-refractivity contribution < 1.29 is 0 Å². The van der Waals surface area contributed by atoms with Gasteiger partial charge in [0, 0.05) is 27.3 Å². The molecule has 1 aliphatic carbocycles. The highest BCUT2D eigenvalue weighted by atomic mass is 14.7. The predicted octanol–water partition coefficient (Wildman–Crippen LogP) is 10.6. The lowest BCUT2D eigenvalue weighted by molar-refractivity contribution is 0.660. The van der Waals surface area contributed by atoms with Gasteiger partial charge in [-0.25, -0.2) is 0 Å². The lowest BCUT2D eigenvalue weighted by atomic mass is 9.82. The Morgan fingerprint density at radius 2 is 1.05 bits per heavy atom. The molecule has 0 saturated heterocycles. The van der Waals surface area contributed by atoms with Gasteiger partial charge in [0.2, 0.25) is 0 Å². The fourth-order valence-electron chi connectivity index (χ4n) is 6.84. The second kappa shape index (κ2) is 8.56. The van der Waals surface area contributed by atoms with E-state index in [9.17, 15) is 0 Å². The first-order valence-corrected chi connectivity index (χ1v) is 14.0. The van der Waals surface area contributed by atoms with Gasteiger partial charge in [-0.2, -0.15) is 0 Å². The van der Waals surface area contributed by atoms with Crippen molar-refractivity contribution in [3.63, 3.8) is 0 Å². The molecule has 1 heteroatoms. The van der Waals surface area contributed by atoms with Crippen LogP contribution in [0.3, 0.4) is 0 Å². The Morgan fingerprint density at radius 1 is 0.450 bits per heavy atom. The summed E-state index contributed by atoms with van der Waals surface area (Å²) in [4.78, 5) is 3.73. The molecule has 0 fully saturated rings. The molecule has 0 saturated carbocycles. The van der Waals surface area contributed by atoms with Crippen LogP contribution in [0.15, 0.2) is 133 Å². The highest BCUT2D eigenvalue weighted by Crippen LogP contribution is 2.52. The summed E-state index contributed by atoms with van der Waals surface area (Å²) in [6, 6.07) is 48.9. The average Bonchev–Trinajstić information content (AvgIpc) is 3.50. The molecule has 0 atom stereocenters. The van der Waals surface area contributed by atoms with Gasteiger partial charge in [0.1, 0.15) is 0 Å². The largest absolute Gasteiger partial charge is 0.354 e. The summed E-state index contributed by atoms with van der Waals surface area (Å²) in [5.74, 6) is 0. The minimum Gasteiger partial charge on any atom is -0.354 e. The van der Waals surface area contributed by atoms with E-state index in [-0.39, 0.29) is 5.41 Å². The molecule has 0 unspecified atom stereocenters. The van der Waals surface area contributed by atoms with Crippen LogP contribution in [0.4, 0.5) is 0 Å². The molecule has 0 radical (unpaired) electrons. The number of nitrogens with one attached hydrogen (secondary N) is 1. The van der Waals surface area contributed by atoms with Crippen LogP contribution in [-0.4, -0.2) is 4.98 Å². The summed E-state index contributed by atoms with van der Waals surface area (Å²) in [5.41, 5.74) is 15.3. The van der Waals surface area contributed by atoms with Gasteiger partial charge in [0.25, 0.3) is 0 Å². The van der Waals surface area contributed by atoms with Crippen LogP contribution in [0, 0.1) is 0 Å². The molecule has 0 spiro atoms. The highest BCUT2D eigenvalue weighted by molar-refractivity contribution is 6.12. The van der Waals surface area contributed by atoms with E-state index >= 15 is 0 Å². The van der Waals surface area contributed by atoms with Crippen molar-refractivity contribution in [1.82, 2.24) is 4.98 Å². The molecule has 0 amide bonds. The molecule has 7 aromatic rings. The van der Waals surface area contributed by atoms with Crippen molar-refractivity contribution in [3.05, 3.63) is 145 Å². The normalized spacial score (nSPS) is 13.4. The minimum atomic E-state index is -0.0300. The van der Waals surface area contributed by atoms with Crippen molar-refractivity contribution in [2.45, 2.75) is 19.3 Å². The zero-order chi connectivity index (χ0) is 26.8. The third-order valence-corrected chi connectivity index (χ3v) is 8.81. The Kier molecular flexibility index (Phi) is 4.93. The standard InChI is InChI=1S/C39H29N/c1-39(2)34-19-8-6-15-33(34)37-29(16-11-20-35(37)39)27-22-26(25-12-4-3-5-13-25)23-28(24-27)30-17-10-18-32-31-14-7-9-21-36(31)40-38(30)32/h3-24,40H,1-2H3. The molecular formula is C39H29N. The number of benzene rings is 6. The fourth-order valence-corrected chi connectivity index (χ4v) is 6.84. The lowest BCUT2D eigenvalue weighted by Crippen LogP contribution is -2.14. The first-order chi connectivity index (χ1) is 19.6. The van der Waals surface area contributed by atoms with E-state index < -0.39 is 0 Å². The van der Waals surface area contributed by atoms with Crippen molar-refractivity contribution in [3.8, 4) is 44.5 Å². The van der Waals surface area contributed by atoms with E-state index in [2.05, 4.69) is 152 Å². The molecule has 1 nitrogen and oxygen atoms in total. The van der Waals surface area contributed by atoms with Crippen molar-refractivity contribution in [2.75, 3.05) is 0 Å². The summed E-state index contributed by atoms with van der Waals surface area (Å²) in [6.07, 6.45) is 0. The van der Waals surface area contributed by atoms with Crippen LogP contribution in [0.5, 0.6) is 0 Å². The summed E-state index contributed by atoms with van der Waals surface area (Å²) < 4.78 is 0. The Balaban J connectivity index is 1.42. The van der Waals surface area contributed by atoms with Gasteiger partial charge in [0.05, 0.1) is 5.52 Å². The summed E-state index contributed by atoms with van der Waals surface area (Å²) in [5, 5.41) is 2.52. The van der Waals surface area contributed by atoms with Crippen LogP contribution in [0.1, 0.15) is 25.0 Å². The first kappa shape index (κ1) is 23.0. The number of hydrogen-bond donors (Lipinski definition) is 1. The van der Waals surface area contributed by atoms with Crippen LogP contribution < -0.4 is 0 Å². The number of aromatic nitrogens is 1. The second-order valence-electron chi connectivity index (χ2n) is 11.5. The summed E-state index contributed by atoms with van der Waals surface area (Å²) >= 11 is 0. The topological polar surface area (TPSA) is 15.8 Å². The smallest absolute Gasteiger partial charge is 0.0544 e. The van der Waals surface area contributed by atoms with Gasteiger partial charge in [0.15, 0.2) is 0 Å². The van der Waals surface area contributed by atoms with Gasteiger partial charge in [-0.3, -0.25) is 0 Å². The highest BCUT2D eigenvalue weighted by Gasteiger charge is 2.36. The molecule has 40 heavy (non-hydrogen) atoms. The van der Waals surface area contributed by atoms with E-state index in [1.165, 1.54) is 77.4 Å². The number of H-pyrrole nitrogens is 1. The SMILES string of the molecule is CC1(C)c2ccccc2-c2c(-c3cc(-c4ccccc4)cc(-c4cccc5c4[nH]c4ccccc45)c3)cccc21. The van der Waals surface area contributed by atoms with Gasteiger partial charge in [-0.05, 0) is 74.3 Å². The van der Waals surface area contributed by atoms with E-state index in [1.807, 2.05) is 0 Å². The van der Waals surface area contributed by atoms with Gasteiger partial charge >= 0.3 is 0 Å². The Labute approximate surface area is 234 Å².